The Morgan fingerprint density at radius 3 is 2.79 bits per heavy atom. The van der Waals surface area contributed by atoms with Crippen LogP contribution in [0.2, 0.25) is 0 Å². The van der Waals surface area contributed by atoms with E-state index in [0.717, 1.165) is 24.9 Å². The van der Waals surface area contributed by atoms with Crippen molar-refractivity contribution in [3.05, 3.63) is 29.3 Å². The average Bonchev–Trinajstić information content (AvgIpc) is 2.70. The van der Waals surface area contributed by atoms with Gasteiger partial charge in [-0.2, -0.15) is 0 Å². The normalized spacial score (nSPS) is 20.3. The van der Waals surface area contributed by atoms with Gasteiger partial charge in [-0.3, -0.25) is 0 Å². The number of hydrogen-bond acceptors (Lipinski definition) is 3. The summed E-state index contributed by atoms with van der Waals surface area (Å²) in [7, 11) is 0. The van der Waals surface area contributed by atoms with Gasteiger partial charge < -0.3 is 16.2 Å². The Kier molecular flexibility index (Phi) is 4.16. The van der Waals surface area contributed by atoms with E-state index in [-0.39, 0.29) is 12.0 Å². The molecule has 2 rings (SSSR count). The SMILES string of the molecule is CC(C)(C)C(CCO)NC1CCc2cc(N)ccc21. The summed E-state index contributed by atoms with van der Waals surface area (Å²) < 4.78 is 0. The van der Waals surface area contributed by atoms with Crippen molar-refractivity contribution in [3.63, 3.8) is 0 Å². The predicted molar refractivity (Wildman–Crippen MR) is 80.0 cm³/mol. The van der Waals surface area contributed by atoms with E-state index in [2.05, 4.69) is 38.2 Å². The van der Waals surface area contributed by atoms with Crippen molar-refractivity contribution in [2.24, 2.45) is 5.41 Å². The summed E-state index contributed by atoms with van der Waals surface area (Å²) in [4.78, 5) is 0. The molecule has 2 unspecified atom stereocenters. The number of nitrogens with one attached hydrogen (secondary N) is 1. The van der Waals surface area contributed by atoms with Crippen LogP contribution in [-0.4, -0.2) is 17.8 Å². The van der Waals surface area contributed by atoms with Gasteiger partial charge in [-0.15, -0.1) is 0 Å². The van der Waals surface area contributed by atoms with Crippen molar-refractivity contribution in [3.8, 4) is 0 Å². The summed E-state index contributed by atoms with van der Waals surface area (Å²) in [6, 6.07) is 6.94. The van der Waals surface area contributed by atoms with Gasteiger partial charge in [0.15, 0.2) is 0 Å². The van der Waals surface area contributed by atoms with E-state index in [4.69, 9.17) is 5.73 Å². The number of hydrogen-bond donors (Lipinski definition) is 3. The van der Waals surface area contributed by atoms with Crippen molar-refractivity contribution in [1.82, 2.24) is 5.32 Å². The molecule has 0 spiro atoms. The fourth-order valence-corrected chi connectivity index (χ4v) is 2.95. The lowest BCUT2D eigenvalue weighted by Crippen LogP contribution is -2.42. The lowest BCUT2D eigenvalue weighted by molar-refractivity contribution is 0.185. The molecule has 4 N–H and O–H groups in total. The summed E-state index contributed by atoms with van der Waals surface area (Å²) in [5.74, 6) is 0. The molecule has 106 valence electrons. The molecule has 3 nitrogen and oxygen atoms in total. The van der Waals surface area contributed by atoms with E-state index >= 15 is 0 Å². The van der Waals surface area contributed by atoms with Gasteiger partial charge in [0, 0.05) is 24.4 Å². The van der Waals surface area contributed by atoms with Gasteiger partial charge in [0.2, 0.25) is 0 Å². The molecule has 0 bridgehead atoms. The second kappa shape index (κ2) is 5.51. The van der Waals surface area contributed by atoms with Crippen molar-refractivity contribution in [2.45, 2.75) is 52.1 Å². The number of aliphatic hydroxyl groups excluding tert-OH is 1. The molecule has 3 heteroatoms. The fourth-order valence-electron chi connectivity index (χ4n) is 2.95. The Morgan fingerprint density at radius 1 is 1.42 bits per heavy atom. The Bertz CT molecular complexity index is 437. The number of aliphatic hydroxyl groups is 1. The number of anilines is 1. The molecule has 0 aromatic heterocycles. The standard InChI is InChI=1S/C16H26N2O/c1-16(2,3)15(8-9-19)18-14-7-4-11-10-12(17)5-6-13(11)14/h5-6,10,14-15,18-19H,4,7-9,17H2,1-3H3. The molecule has 1 aliphatic rings. The molecule has 0 aliphatic heterocycles. The first-order chi connectivity index (χ1) is 8.91. The minimum absolute atomic E-state index is 0.152. The lowest BCUT2D eigenvalue weighted by Gasteiger charge is -2.34. The lowest BCUT2D eigenvalue weighted by atomic mass is 9.84. The zero-order valence-electron chi connectivity index (χ0n) is 12.2. The quantitative estimate of drug-likeness (QED) is 0.731. The number of benzene rings is 1. The van der Waals surface area contributed by atoms with E-state index in [1.807, 2.05) is 6.07 Å². The molecule has 0 radical (unpaired) electrons. The number of nitrogen functional groups attached to an aromatic ring is 1. The van der Waals surface area contributed by atoms with Gasteiger partial charge in [-0.1, -0.05) is 26.8 Å². The van der Waals surface area contributed by atoms with Crippen LogP contribution in [0.5, 0.6) is 0 Å². The average molecular weight is 262 g/mol. The van der Waals surface area contributed by atoms with Crippen LogP contribution in [0.1, 0.15) is 50.8 Å². The van der Waals surface area contributed by atoms with Crippen molar-refractivity contribution in [2.75, 3.05) is 12.3 Å². The van der Waals surface area contributed by atoms with E-state index in [0.29, 0.717) is 12.1 Å². The van der Waals surface area contributed by atoms with E-state index in [9.17, 15) is 5.11 Å². The molecule has 1 aromatic carbocycles. The van der Waals surface area contributed by atoms with Crippen molar-refractivity contribution < 1.29 is 5.11 Å². The molecule has 0 saturated heterocycles. The third kappa shape index (κ3) is 3.28. The Hall–Kier alpha value is -1.06. The van der Waals surface area contributed by atoms with Crippen LogP contribution in [0.15, 0.2) is 18.2 Å². The first-order valence-electron chi connectivity index (χ1n) is 7.17. The van der Waals surface area contributed by atoms with Gasteiger partial charge in [-0.05, 0) is 47.9 Å². The molecule has 1 aromatic rings. The van der Waals surface area contributed by atoms with Crippen LogP contribution < -0.4 is 11.1 Å². The van der Waals surface area contributed by atoms with E-state index < -0.39 is 0 Å². The third-order valence-corrected chi connectivity index (χ3v) is 4.11. The number of fused-ring (bicyclic) bond motifs is 1. The topological polar surface area (TPSA) is 58.3 Å². The van der Waals surface area contributed by atoms with Gasteiger partial charge >= 0.3 is 0 Å². The maximum Gasteiger partial charge on any atom is 0.0446 e. The Labute approximate surface area is 116 Å². The van der Waals surface area contributed by atoms with Crippen LogP contribution in [0.3, 0.4) is 0 Å². The smallest absolute Gasteiger partial charge is 0.0446 e. The predicted octanol–water partition coefficient (Wildman–Crippen LogP) is 2.64. The second-order valence-electron chi connectivity index (χ2n) is 6.65. The maximum atomic E-state index is 9.25. The van der Waals surface area contributed by atoms with Gasteiger partial charge in [0.25, 0.3) is 0 Å². The molecular weight excluding hydrogens is 236 g/mol. The molecule has 2 atom stereocenters. The van der Waals surface area contributed by atoms with Crippen molar-refractivity contribution in [1.29, 1.82) is 0 Å². The van der Waals surface area contributed by atoms with Crippen LogP contribution in [-0.2, 0) is 6.42 Å². The highest BCUT2D eigenvalue weighted by molar-refractivity contribution is 5.47. The first kappa shape index (κ1) is 14.4. The molecule has 19 heavy (non-hydrogen) atoms. The minimum Gasteiger partial charge on any atom is -0.399 e. The summed E-state index contributed by atoms with van der Waals surface area (Å²) in [5, 5.41) is 13.0. The molecule has 0 amide bonds. The zero-order chi connectivity index (χ0) is 14.0. The van der Waals surface area contributed by atoms with E-state index in [1.54, 1.807) is 0 Å². The van der Waals surface area contributed by atoms with Gasteiger partial charge in [0.05, 0.1) is 0 Å². The molecular formula is C16H26N2O. The van der Waals surface area contributed by atoms with Crippen LogP contribution in [0.4, 0.5) is 5.69 Å². The van der Waals surface area contributed by atoms with Crippen LogP contribution in [0, 0.1) is 5.41 Å². The van der Waals surface area contributed by atoms with Gasteiger partial charge in [0.1, 0.15) is 0 Å². The molecule has 0 heterocycles. The Morgan fingerprint density at radius 2 is 2.16 bits per heavy atom. The van der Waals surface area contributed by atoms with Crippen LogP contribution >= 0.6 is 0 Å². The highest BCUT2D eigenvalue weighted by Crippen LogP contribution is 2.34. The maximum absolute atomic E-state index is 9.25. The summed E-state index contributed by atoms with van der Waals surface area (Å²) in [6.45, 7) is 6.90. The van der Waals surface area contributed by atoms with Crippen molar-refractivity contribution >= 4 is 5.69 Å². The highest BCUT2D eigenvalue weighted by Gasteiger charge is 2.30. The van der Waals surface area contributed by atoms with E-state index in [1.165, 1.54) is 11.1 Å². The largest absolute Gasteiger partial charge is 0.399 e. The monoisotopic (exact) mass is 262 g/mol. The summed E-state index contributed by atoms with van der Waals surface area (Å²) >= 11 is 0. The zero-order valence-corrected chi connectivity index (χ0v) is 12.2. The number of rotatable bonds is 4. The second-order valence-corrected chi connectivity index (χ2v) is 6.65. The number of nitrogens with two attached hydrogens (primary N) is 1. The third-order valence-electron chi connectivity index (χ3n) is 4.11. The van der Waals surface area contributed by atoms with Crippen LogP contribution in [0.25, 0.3) is 0 Å². The highest BCUT2D eigenvalue weighted by atomic mass is 16.3. The summed E-state index contributed by atoms with van der Waals surface area (Å²) in [6.07, 6.45) is 3.01. The molecule has 0 saturated carbocycles. The molecule has 0 fully saturated rings. The first-order valence-corrected chi connectivity index (χ1v) is 7.17. The number of aryl methyl sites for hydroxylation is 1. The minimum atomic E-state index is 0.152. The summed E-state index contributed by atoms with van der Waals surface area (Å²) in [5.41, 5.74) is 9.59. The molecule has 1 aliphatic carbocycles. The fraction of sp³-hybridized carbons (Fsp3) is 0.625. The van der Waals surface area contributed by atoms with Gasteiger partial charge in [-0.25, -0.2) is 0 Å². The Balaban J connectivity index is 2.13.